The number of alkyl halides is 1. The molecule has 4 atom stereocenters. The van der Waals surface area contributed by atoms with E-state index in [1.54, 1.807) is 24.4 Å². The van der Waals surface area contributed by atoms with Crippen LogP contribution in [-0.4, -0.2) is 113 Å². The fourth-order valence-electron chi connectivity index (χ4n) is 7.61. The van der Waals surface area contributed by atoms with Gasteiger partial charge in [0.15, 0.2) is 5.82 Å². The number of aromatic nitrogens is 3. The summed E-state index contributed by atoms with van der Waals surface area (Å²) in [6.07, 6.45) is 7.13. The molecule has 7 rings (SSSR count). The van der Waals surface area contributed by atoms with Crippen LogP contribution in [0.3, 0.4) is 0 Å². The summed E-state index contributed by atoms with van der Waals surface area (Å²) in [7, 11) is 5.83. The monoisotopic (exact) mass is 689 g/mol. The van der Waals surface area contributed by atoms with Gasteiger partial charge in [-0.15, -0.1) is 0 Å². The molecule has 49 heavy (non-hydrogen) atoms. The smallest absolute Gasteiger partial charge is 0.319 e. The van der Waals surface area contributed by atoms with Gasteiger partial charge in [-0.25, -0.2) is 8.78 Å². The van der Waals surface area contributed by atoms with E-state index in [-0.39, 0.29) is 41.8 Å². The molecule has 0 radical (unpaired) electrons. The van der Waals surface area contributed by atoms with Crippen molar-refractivity contribution in [3.05, 3.63) is 65.6 Å². The van der Waals surface area contributed by atoms with Gasteiger partial charge in [-0.1, -0.05) is 48.0 Å². The lowest BCUT2D eigenvalue weighted by Gasteiger charge is -2.31. The van der Waals surface area contributed by atoms with Crippen LogP contribution in [0.1, 0.15) is 32.6 Å². The lowest BCUT2D eigenvalue weighted by molar-refractivity contribution is -0.125. The van der Waals surface area contributed by atoms with Crippen molar-refractivity contribution in [2.24, 2.45) is 0 Å². The van der Waals surface area contributed by atoms with Crippen molar-refractivity contribution < 1.29 is 18.3 Å². The minimum absolute atomic E-state index is 0.0245. The summed E-state index contributed by atoms with van der Waals surface area (Å²) in [5.41, 5.74) is 0.330. The topological polar surface area (TPSA) is 77.9 Å². The van der Waals surface area contributed by atoms with Crippen LogP contribution < -0.4 is 9.64 Å². The van der Waals surface area contributed by atoms with Gasteiger partial charge in [0.1, 0.15) is 29.8 Å². The molecule has 4 aromatic rings. The largest absolute Gasteiger partial charge is 0.461 e. The van der Waals surface area contributed by atoms with Gasteiger partial charge in [-0.3, -0.25) is 14.7 Å². The van der Waals surface area contributed by atoms with Crippen molar-refractivity contribution in [3.8, 4) is 17.3 Å². The van der Waals surface area contributed by atoms with E-state index in [2.05, 4.69) is 14.9 Å². The van der Waals surface area contributed by atoms with Crippen LogP contribution in [0.5, 0.6) is 6.01 Å². The first-order chi connectivity index (χ1) is 23.5. The molecule has 0 N–H and O–H groups in total. The molecule has 1 amide bonds. The van der Waals surface area contributed by atoms with Crippen LogP contribution in [0.4, 0.5) is 14.6 Å². The lowest BCUT2D eigenvalue weighted by Crippen LogP contribution is -2.43. The van der Waals surface area contributed by atoms with Gasteiger partial charge in [0.05, 0.1) is 10.9 Å². The number of likely N-dealkylation sites (N-methyl/N-ethyl adjacent to an activating group) is 2. The highest BCUT2D eigenvalue weighted by molar-refractivity contribution is 6.36. The number of nitrogens with zero attached hydrogens (tertiary/aromatic N) is 7. The number of carbonyl (C=O) groups is 1. The Kier molecular flexibility index (Phi) is 9.19. The number of halogens is 3. The summed E-state index contributed by atoms with van der Waals surface area (Å²) in [5, 5.41) is 2.49. The molecule has 0 unspecified atom stereocenters. The third-order valence-electron chi connectivity index (χ3n) is 10.7. The Bertz CT molecular complexity index is 1920. The minimum Gasteiger partial charge on any atom is -0.461 e. The van der Waals surface area contributed by atoms with E-state index in [0.29, 0.717) is 59.7 Å². The zero-order chi connectivity index (χ0) is 34.4. The van der Waals surface area contributed by atoms with Crippen molar-refractivity contribution in [3.63, 3.8) is 0 Å². The molecule has 2 aromatic carbocycles. The summed E-state index contributed by atoms with van der Waals surface area (Å²) in [6.45, 7) is 4.54. The Morgan fingerprint density at radius 2 is 1.96 bits per heavy atom. The Balaban J connectivity index is 1.25. The number of ether oxygens (including phenoxy) is 1. The number of pyridine rings is 1. The molecule has 12 heteroatoms. The molecular formula is C37H42ClF2N7O2. The maximum Gasteiger partial charge on any atom is 0.319 e. The fourth-order valence-corrected chi connectivity index (χ4v) is 7.90. The van der Waals surface area contributed by atoms with Gasteiger partial charge in [0.25, 0.3) is 0 Å². The fraction of sp³-hybridized carbons (Fsp3) is 0.459. The molecule has 0 aliphatic carbocycles. The highest BCUT2D eigenvalue weighted by Crippen LogP contribution is 2.41. The number of hydrogen-bond donors (Lipinski definition) is 0. The average Bonchev–Trinajstić information content (AvgIpc) is 3.81. The molecule has 3 fully saturated rings. The Morgan fingerprint density at radius 3 is 2.76 bits per heavy atom. The van der Waals surface area contributed by atoms with Crippen molar-refractivity contribution in [1.29, 1.82) is 0 Å². The van der Waals surface area contributed by atoms with E-state index < -0.39 is 17.5 Å². The first kappa shape index (κ1) is 33.6. The molecule has 0 spiro atoms. The summed E-state index contributed by atoms with van der Waals surface area (Å²) >= 11 is 6.62. The van der Waals surface area contributed by atoms with Crippen molar-refractivity contribution in [2.45, 2.75) is 56.4 Å². The molecule has 0 saturated carbocycles. The maximum atomic E-state index is 16.8. The first-order valence-corrected chi connectivity index (χ1v) is 17.3. The van der Waals surface area contributed by atoms with E-state index in [1.165, 1.54) is 0 Å². The van der Waals surface area contributed by atoms with Crippen molar-refractivity contribution in [2.75, 3.05) is 58.8 Å². The van der Waals surface area contributed by atoms with Gasteiger partial charge >= 0.3 is 6.01 Å². The van der Waals surface area contributed by atoms with E-state index in [9.17, 15) is 9.18 Å². The van der Waals surface area contributed by atoms with Crippen molar-refractivity contribution in [1.82, 2.24) is 29.7 Å². The number of rotatable bonds is 9. The van der Waals surface area contributed by atoms with Crippen LogP contribution >= 0.6 is 11.6 Å². The standard InChI is InChI=1S/C37H42ClF2N7O2/c1-23(44(2)3)12-13-30(48)46-17-14-26(21-46)45(4)35-28-19-41-33(27-10-5-8-24-9-6-11-29(38)31(24)27)32(40)34(28)42-36(43-35)49-22-37-15-7-16-47(37)20-25(39)18-37/h5-6,8-13,19,23,25-26H,7,14-18,20-22H2,1-4H3/b13-12+/t23-,25+,26+,37-/m0/s1. The molecule has 3 saturated heterocycles. The number of benzene rings is 2. The van der Waals surface area contributed by atoms with Crippen LogP contribution in [-0.2, 0) is 4.79 Å². The highest BCUT2D eigenvalue weighted by atomic mass is 35.5. The van der Waals surface area contributed by atoms with Crippen LogP contribution in [0, 0.1) is 5.82 Å². The van der Waals surface area contributed by atoms with E-state index in [0.717, 1.165) is 24.8 Å². The summed E-state index contributed by atoms with van der Waals surface area (Å²) in [4.78, 5) is 35.1. The molecule has 0 bridgehead atoms. The van der Waals surface area contributed by atoms with Crippen molar-refractivity contribution >= 4 is 45.0 Å². The normalized spacial score (nSPS) is 23.3. The molecule has 2 aromatic heterocycles. The van der Waals surface area contributed by atoms with Crippen LogP contribution in [0.2, 0.25) is 5.02 Å². The number of fused-ring (bicyclic) bond motifs is 3. The molecule has 3 aliphatic heterocycles. The summed E-state index contributed by atoms with van der Waals surface area (Å²) < 4.78 is 37.6. The quantitative estimate of drug-likeness (QED) is 0.194. The lowest BCUT2D eigenvalue weighted by atomic mass is 9.95. The second-order valence-corrected chi connectivity index (χ2v) is 14.3. The Labute approximate surface area is 290 Å². The highest BCUT2D eigenvalue weighted by Gasteiger charge is 2.49. The average molecular weight is 690 g/mol. The van der Waals surface area contributed by atoms with E-state index >= 15 is 4.39 Å². The summed E-state index contributed by atoms with van der Waals surface area (Å²) in [6, 6.07) is 11.2. The number of likely N-dealkylation sites (tertiary alicyclic amines) is 1. The van der Waals surface area contributed by atoms with Gasteiger partial charge < -0.3 is 19.4 Å². The minimum atomic E-state index is -0.907. The van der Waals surface area contributed by atoms with Gasteiger partial charge in [-0.2, -0.15) is 9.97 Å². The third-order valence-corrected chi connectivity index (χ3v) is 11.0. The predicted molar refractivity (Wildman–Crippen MR) is 189 cm³/mol. The van der Waals surface area contributed by atoms with E-state index in [1.807, 2.05) is 73.1 Å². The molecule has 9 nitrogen and oxygen atoms in total. The first-order valence-electron chi connectivity index (χ1n) is 17.0. The van der Waals surface area contributed by atoms with Gasteiger partial charge in [-0.05, 0) is 58.3 Å². The van der Waals surface area contributed by atoms with Gasteiger partial charge in [0.2, 0.25) is 5.91 Å². The number of carbonyl (C=O) groups excluding carboxylic acids is 1. The van der Waals surface area contributed by atoms with E-state index in [4.69, 9.17) is 21.3 Å². The number of hydrogen-bond acceptors (Lipinski definition) is 8. The summed E-state index contributed by atoms with van der Waals surface area (Å²) in [5.74, 6) is -0.198. The molecule has 258 valence electrons. The maximum absolute atomic E-state index is 16.8. The second kappa shape index (κ2) is 13.4. The molecular weight excluding hydrogens is 648 g/mol. The predicted octanol–water partition coefficient (Wildman–Crippen LogP) is 6.14. The van der Waals surface area contributed by atoms with Crippen LogP contribution in [0.25, 0.3) is 32.9 Å². The van der Waals surface area contributed by atoms with Gasteiger partial charge in [0, 0.05) is 73.4 Å². The Hall–Kier alpha value is -3.93. The zero-order valence-electron chi connectivity index (χ0n) is 28.4. The molecule has 5 heterocycles. The second-order valence-electron chi connectivity index (χ2n) is 13.9. The Morgan fingerprint density at radius 1 is 1.16 bits per heavy atom. The third kappa shape index (κ3) is 6.32. The zero-order valence-corrected chi connectivity index (χ0v) is 29.1. The molecule has 3 aliphatic rings. The SMILES string of the molecule is C[C@@H](/C=C/C(=O)N1CC[C@@H](N(C)c2nc(OC[C@@]34CCCN3C[C@H](F)C4)nc3c(F)c(-c4cccc5cccc(Cl)c45)ncc23)C1)N(C)C. The number of amides is 1. The number of anilines is 1. The van der Waals surface area contributed by atoms with Crippen LogP contribution in [0.15, 0.2) is 54.7 Å².